The van der Waals surface area contributed by atoms with Crippen LogP contribution in [0.5, 0.6) is 0 Å². The number of carbonyl (C=O) groups is 2. The number of carbonyl (C=O) groups excluding carboxylic acids is 2. The van der Waals surface area contributed by atoms with Crippen molar-refractivity contribution in [3.05, 3.63) is 59.1 Å². The standard InChI is InChI=1S/C19H21ClN2O4S/c1-2-11-21-19(24)14-4-3-5-16(13-14)22-18(23)10-12-27(25,26)17-8-6-15(20)7-9-17/h3-9,13H,2,10-12H2,1H3,(H,21,24)(H,22,23). The average Bonchev–Trinajstić information content (AvgIpc) is 2.65. The van der Waals surface area contributed by atoms with Gasteiger partial charge in [0.1, 0.15) is 0 Å². The van der Waals surface area contributed by atoms with E-state index in [4.69, 9.17) is 11.6 Å². The average molecular weight is 409 g/mol. The minimum Gasteiger partial charge on any atom is -0.352 e. The number of anilines is 1. The van der Waals surface area contributed by atoms with E-state index in [0.717, 1.165) is 6.42 Å². The highest BCUT2D eigenvalue weighted by molar-refractivity contribution is 7.91. The molecule has 8 heteroatoms. The second-order valence-corrected chi connectivity index (χ2v) is 8.45. The Morgan fingerprint density at radius 3 is 2.44 bits per heavy atom. The number of hydrogen-bond donors (Lipinski definition) is 2. The molecule has 0 aliphatic heterocycles. The van der Waals surface area contributed by atoms with Gasteiger partial charge in [-0.05, 0) is 48.9 Å². The van der Waals surface area contributed by atoms with Crippen molar-refractivity contribution >= 4 is 38.9 Å². The third-order valence-electron chi connectivity index (χ3n) is 3.71. The lowest BCUT2D eigenvalue weighted by atomic mass is 10.2. The lowest BCUT2D eigenvalue weighted by Gasteiger charge is -2.08. The number of nitrogens with one attached hydrogen (secondary N) is 2. The molecule has 0 radical (unpaired) electrons. The van der Waals surface area contributed by atoms with Gasteiger partial charge >= 0.3 is 0 Å². The van der Waals surface area contributed by atoms with Gasteiger partial charge in [0.15, 0.2) is 9.84 Å². The lowest BCUT2D eigenvalue weighted by molar-refractivity contribution is -0.115. The van der Waals surface area contributed by atoms with Crippen molar-refractivity contribution in [1.29, 1.82) is 0 Å². The Bertz CT molecular complexity index is 912. The molecule has 27 heavy (non-hydrogen) atoms. The maximum absolute atomic E-state index is 12.3. The summed E-state index contributed by atoms with van der Waals surface area (Å²) < 4.78 is 24.5. The van der Waals surface area contributed by atoms with Crippen molar-refractivity contribution in [2.45, 2.75) is 24.7 Å². The molecular formula is C19H21ClN2O4S. The highest BCUT2D eigenvalue weighted by Crippen LogP contribution is 2.17. The largest absolute Gasteiger partial charge is 0.352 e. The summed E-state index contributed by atoms with van der Waals surface area (Å²) in [7, 11) is -3.58. The van der Waals surface area contributed by atoms with E-state index >= 15 is 0 Å². The Morgan fingerprint density at radius 2 is 1.78 bits per heavy atom. The zero-order chi connectivity index (χ0) is 19.9. The van der Waals surface area contributed by atoms with E-state index in [2.05, 4.69) is 10.6 Å². The molecule has 0 fully saturated rings. The molecule has 0 unspecified atom stereocenters. The first kappa shape index (κ1) is 20.9. The van der Waals surface area contributed by atoms with Crippen LogP contribution in [0.3, 0.4) is 0 Å². The summed E-state index contributed by atoms with van der Waals surface area (Å²) in [6.07, 6.45) is 0.626. The van der Waals surface area contributed by atoms with Gasteiger partial charge in [0.25, 0.3) is 5.91 Å². The highest BCUT2D eigenvalue weighted by atomic mass is 35.5. The summed E-state index contributed by atoms with van der Waals surface area (Å²) in [5.41, 5.74) is 0.864. The van der Waals surface area contributed by atoms with Crippen LogP contribution in [0.4, 0.5) is 5.69 Å². The van der Waals surface area contributed by atoms with Crippen LogP contribution >= 0.6 is 11.6 Å². The van der Waals surface area contributed by atoms with Crippen molar-refractivity contribution < 1.29 is 18.0 Å². The Kier molecular flexibility index (Phi) is 7.38. The van der Waals surface area contributed by atoms with Gasteiger partial charge in [0.05, 0.1) is 10.6 Å². The van der Waals surface area contributed by atoms with Gasteiger partial charge in [0, 0.05) is 29.2 Å². The van der Waals surface area contributed by atoms with Crippen LogP contribution in [0.1, 0.15) is 30.1 Å². The molecule has 0 aliphatic rings. The predicted octanol–water partition coefficient (Wildman–Crippen LogP) is 3.28. The SMILES string of the molecule is CCCNC(=O)c1cccc(NC(=O)CCS(=O)(=O)c2ccc(Cl)cc2)c1. The van der Waals surface area contributed by atoms with Gasteiger partial charge in [-0.2, -0.15) is 0 Å². The fraction of sp³-hybridized carbons (Fsp3) is 0.263. The van der Waals surface area contributed by atoms with Crippen molar-refractivity contribution in [3.8, 4) is 0 Å². The monoisotopic (exact) mass is 408 g/mol. The maximum atomic E-state index is 12.3. The molecular weight excluding hydrogens is 388 g/mol. The van der Waals surface area contributed by atoms with Crippen molar-refractivity contribution in [1.82, 2.24) is 5.32 Å². The molecule has 0 spiro atoms. The second-order valence-electron chi connectivity index (χ2n) is 5.91. The van der Waals surface area contributed by atoms with E-state index in [0.29, 0.717) is 22.8 Å². The third-order valence-corrected chi connectivity index (χ3v) is 5.70. The fourth-order valence-corrected chi connectivity index (χ4v) is 3.66. The Hall–Kier alpha value is -2.38. The van der Waals surface area contributed by atoms with E-state index in [9.17, 15) is 18.0 Å². The Balaban J connectivity index is 1.95. The van der Waals surface area contributed by atoms with Crippen molar-refractivity contribution in [3.63, 3.8) is 0 Å². The first-order valence-electron chi connectivity index (χ1n) is 8.48. The number of amides is 2. The highest BCUT2D eigenvalue weighted by Gasteiger charge is 2.17. The molecule has 0 atom stereocenters. The quantitative estimate of drug-likeness (QED) is 0.701. The molecule has 2 N–H and O–H groups in total. The number of sulfone groups is 1. The van der Waals surface area contributed by atoms with Gasteiger partial charge < -0.3 is 10.6 Å². The number of halogens is 1. The van der Waals surface area contributed by atoms with Gasteiger partial charge in [0.2, 0.25) is 5.91 Å². The Morgan fingerprint density at radius 1 is 1.07 bits per heavy atom. The third kappa shape index (κ3) is 6.37. The summed E-state index contributed by atoms with van der Waals surface area (Å²) in [6, 6.07) is 12.3. The molecule has 2 rings (SSSR count). The molecule has 0 bridgehead atoms. The summed E-state index contributed by atoms with van der Waals surface area (Å²) in [4.78, 5) is 24.2. The Labute approximate surface area is 163 Å². The predicted molar refractivity (Wildman–Crippen MR) is 106 cm³/mol. The molecule has 2 amide bonds. The molecule has 144 valence electrons. The van der Waals surface area contributed by atoms with Crippen molar-refractivity contribution in [2.75, 3.05) is 17.6 Å². The van der Waals surface area contributed by atoms with E-state index in [1.54, 1.807) is 24.3 Å². The summed E-state index contributed by atoms with van der Waals surface area (Å²) >= 11 is 5.76. The molecule has 0 heterocycles. The molecule has 6 nitrogen and oxygen atoms in total. The normalized spacial score (nSPS) is 11.0. The van der Waals surface area contributed by atoms with E-state index in [1.165, 1.54) is 24.3 Å². The first-order valence-corrected chi connectivity index (χ1v) is 10.5. The van der Waals surface area contributed by atoms with Crippen LogP contribution < -0.4 is 10.6 Å². The second kappa shape index (κ2) is 9.53. The molecule has 2 aromatic carbocycles. The first-order chi connectivity index (χ1) is 12.8. The van der Waals surface area contributed by atoms with Crippen LogP contribution in [0.15, 0.2) is 53.4 Å². The summed E-state index contributed by atoms with van der Waals surface area (Å²) in [6.45, 7) is 2.52. The smallest absolute Gasteiger partial charge is 0.251 e. The van der Waals surface area contributed by atoms with Crippen LogP contribution in [0.2, 0.25) is 5.02 Å². The fourth-order valence-electron chi connectivity index (χ4n) is 2.29. The van der Waals surface area contributed by atoms with E-state index < -0.39 is 15.7 Å². The van der Waals surface area contributed by atoms with Gasteiger partial charge in [-0.3, -0.25) is 9.59 Å². The number of rotatable bonds is 8. The summed E-state index contributed by atoms with van der Waals surface area (Å²) in [5.74, 6) is -0.992. The molecule has 0 aliphatic carbocycles. The number of hydrogen-bond acceptors (Lipinski definition) is 4. The van der Waals surface area contributed by atoms with Gasteiger partial charge in [-0.25, -0.2) is 8.42 Å². The molecule has 0 aromatic heterocycles. The van der Waals surface area contributed by atoms with Gasteiger partial charge in [-0.1, -0.05) is 24.6 Å². The maximum Gasteiger partial charge on any atom is 0.251 e. The van der Waals surface area contributed by atoms with Crippen LogP contribution in [0.25, 0.3) is 0 Å². The van der Waals surface area contributed by atoms with Crippen LogP contribution in [-0.4, -0.2) is 32.5 Å². The van der Waals surface area contributed by atoms with Crippen LogP contribution in [-0.2, 0) is 14.6 Å². The molecule has 2 aromatic rings. The molecule has 0 saturated carbocycles. The van der Waals surface area contributed by atoms with Crippen molar-refractivity contribution in [2.24, 2.45) is 0 Å². The minimum atomic E-state index is -3.58. The van der Waals surface area contributed by atoms with E-state index in [-0.39, 0.29) is 23.0 Å². The van der Waals surface area contributed by atoms with Gasteiger partial charge in [-0.15, -0.1) is 0 Å². The van der Waals surface area contributed by atoms with E-state index in [1.807, 2.05) is 6.92 Å². The molecule has 0 saturated heterocycles. The minimum absolute atomic E-state index is 0.120. The zero-order valence-corrected chi connectivity index (χ0v) is 16.4. The van der Waals surface area contributed by atoms with Crippen LogP contribution in [0, 0.1) is 0 Å². The topological polar surface area (TPSA) is 92.3 Å². The zero-order valence-electron chi connectivity index (χ0n) is 14.9. The summed E-state index contributed by atoms with van der Waals surface area (Å²) in [5, 5.41) is 5.82. The lowest BCUT2D eigenvalue weighted by Crippen LogP contribution is -2.24. The number of benzene rings is 2.